The molecule has 0 amide bonds. The lowest BCUT2D eigenvalue weighted by Crippen LogP contribution is -2.09. The first-order chi connectivity index (χ1) is 4.58. The van der Waals surface area contributed by atoms with Crippen LogP contribution in [0.4, 0.5) is 0 Å². The average molecular weight is 141 g/mol. The van der Waals surface area contributed by atoms with Gasteiger partial charge in [0.2, 0.25) is 0 Å². The summed E-state index contributed by atoms with van der Waals surface area (Å²) in [5.74, 6) is 1.80. The van der Waals surface area contributed by atoms with E-state index in [0.717, 1.165) is 18.4 Å². The van der Waals surface area contributed by atoms with Crippen LogP contribution < -0.4 is 5.73 Å². The predicted octanol–water partition coefficient (Wildman–Crippen LogP) is 2.02. The number of nitrogens with two attached hydrogens (primary N) is 1. The Morgan fingerprint density at radius 3 is 2.40 bits per heavy atom. The topological polar surface area (TPSA) is 26.0 Å². The van der Waals surface area contributed by atoms with Gasteiger partial charge in [-0.15, -0.1) is 0 Å². The number of hydrogen-bond acceptors (Lipinski definition) is 1. The van der Waals surface area contributed by atoms with Crippen LogP contribution in [-0.2, 0) is 0 Å². The largest absolute Gasteiger partial charge is 0.330 e. The Bertz CT molecular complexity index is 118. The van der Waals surface area contributed by atoms with Gasteiger partial charge in [0.1, 0.15) is 0 Å². The minimum atomic E-state index is 0.634. The Balaban J connectivity index is 2.25. The molecule has 0 aliphatic heterocycles. The Kier molecular flexibility index (Phi) is 2.04. The molecule has 0 heterocycles. The highest BCUT2D eigenvalue weighted by Crippen LogP contribution is 2.56. The first-order valence-electron chi connectivity index (χ1n) is 4.28. The summed E-state index contributed by atoms with van der Waals surface area (Å²) >= 11 is 0. The summed E-state index contributed by atoms with van der Waals surface area (Å²) in [4.78, 5) is 0. The molecule has 2 unspecified atom stereocenters. The van der Waals surface area contributed by atoms with E-state index in [2.05, 4.69) is 20.8 Å². The van der Waals surface area contributed by atoms with Crippen molar-refractivity contribution >= 4 is 0 Å². The third-order valence-electron chi connectivity index (χ3n) is 2.90. The Morgan fingerprint density at radius 2 is 2.10 bits per heavy atom. The van der Waals surface area contributed by atoms with Crippen LogP contribution in [0.5, 0.6) is 0 Å². The van der Waals surface area contributed by atoms with Crippen LogP contribution in [0.1, 0.15) is 33.6 Å². The van der Waals surface area contributed by atoms with E-state index in [9.17, 15) is 0 Å². The van der Waals surface area contributed by atoms with Gasteiger partial charge in [-0.3, -0.25) is 0 Å². The molecule has 1 aliphatic rings. The minimum Gasteiger partial charge on any atom is -0.330 e. The van der Waals surface area contributed by atoms with Gasteiger partial charge in [-0.2, -0.15) is 0 Å². The van der Waals surface area contributed by atoms with E-state index >= 15 is 0 Å². The molecule has 1 saturated carbocycles. The Hall–Kier alpha value is -0.0400. The third-order valence-corrected chi connectivity index (χ3v) is 2.90. The molecule has 1 heteroatoms. The maximum atomic E-state index is 5.48. The van der Waals surface area contributed by atoms with Crippen LogP contribution >= 0.6 is 0 Å². The van der Waals surface area contributed by atoms with E-state index in [4.69, 9.17) is 5.73 Å². The molecule has 1 nitrogen and oxygen atoms in total. The van der Waals surface area contributed by atoms with Gasteiger partial charge in [0.05, 0.1) is 0 Å². The summed E-state index contributed by atoms with van der Waals surface area (Å²) in [5.41, 5.74) is 6.12. The Labute approximate surface area is 64.0 Å². The van der Waals surface area contributed by atoms with Crippen molar-refractivity contribution in [3.05, 3.63) is 0 Å². The van der Waals surface area contributed by atoms with Crippen molar-refractivity contribution in [1.82, 2.24) is 0 Å². The van der Waals surface area contributed by atoms with Gasteiger partial charge in [-0.25, -0.2) is 0 Å². The molecule has 0 aromatic heterocycles. The van der Waals surface area contributed by atoms with Gasteiger partial charge in [0.15, 0.2) is 0 Å². The van der Waals surface area contributed by atoms with E-state index in [0.29, 0.717) is 5.41 Å². The lowest BCUT2D eigenvalue weighted by molar-refractivity contribution is 0.403. The highest BCUT2D eigenvalue weighted by molar-refractivity contribution is 4.97. The number of rotatable bonds is 3. The fourth-order valence-corrected chi connectivity index (χ4v) is 1.94. The van der Waals surface area contributed by atoms with E-state index in [1.165, 1.54) is 12.8 Å². The van der Waals surface area contributed by atoms with Gasteiger partial charge in [-0.05, 0) is 36.6 Å². The van der Waals surface area contributed by atoms with Crippen LogP contribution in [0.15, 0.2) is 0 Å². The molecule has 0 aromatic carbocycles. The van der Waals surface area contributed by atoms with E-state index in [1.54, 1.807) is 0 Å². The van der Waals surface area contributed by atoms with Crippen molar-refractivity contribution in [3.8, 4) is 0 Å². The average Bonchev–Trinajstić information content (AvgIpc) is 2.41. The second kappa shape index (κ2) is 2.54. The zero-order valence-electron chi connectivity index (χ0n) is 7.35. The minimum absolute atomic E-state index is 0.634. The van der Waals surface area contributed by atoms with Crippen molar-refractivity contribution in [3.63, 3.8) is 0 Å². The molecule has 2 N–H and O–H groups in total. The standard InChI is InChI=1S/C9H19N/c1-7(4-5-10)8-6-9(8,2)3/h7-8H,4-6,10H2,1-3H3. The van der Waals surface area contributed by atoms with Crippen LogP contribution in [0.2, 0.25) is 0 Å². The summed E-state index contributed by atoms with van der Waals surface area (Å²) in [6, 6.07) is 0. The van der Waals surface area contributed by atoms with Crippen LogP contribution in [0, 0.1) is 17.3 Å². The normalized spacial score (nSPS) is 31.8. The molecule has 60 valence electrons. The van der Waals surface area contributed by atoms with E-state index in [-0.39, 0.29) is 0 Å². The van der Waals surface area contributed by atoms with Crippen molar-refractivity contribution in [2.45, 2.75) is 33.6 Å². The van der Waals surface area contributed by atoms with Crippen molar-refractivity contribution in [2.75, 3.05) is 6.54 Å². The zero-order valence-corrected chi connectivity index (χ0v) is 7.35. The maximum Gasteiger partial charge on any atom is -0.00746 e. The molecule has 0 spiro atoms. The fourth-order valence-electron chi connectivity index (χ4n) is 1.94. The summed E-state index contributed by atoms with van der Waals surface area (Å²) in [6.45, 7) is 7.88. The van der Waals surface area contributed by atoms with Crippen molar-refractivity contribution in [2.24, 2.45) is 23.0 Å². The van der Waals surface area contributed by atoms with Crippen LogP contribution in [0.3, 0.4) is 0 Å². The van der Waals surface area contributed by atoms with Crippen molar-refractivity contribution in [1.29, 1.82) is 0 Å². The molecule has 0 aromatic rings. The molecule has 1 rings (SSSR count). The lowest BCUT2D eigenvalue weighted by atomic mass is 9.96. The van der Waals surface area contributed by atoms with Crippen molar-refractivity contribution < 1.29 is 0 Å². The highest BCUT2D eigenvalue weighted by Gasteiger charge is 2.47. The smallest absolute Gasteiger partial charge is 0.00746 e. The molecule has 0 saturated heterocycles. The summed E-state index contributed by atoms with van der Waals surface area (Å²) < 4.78 is 0. The SMILES string of the molecule is CC(CCN)C1CC1(C)C. The molecule has 10 heavy (non-hydrogen) atoms. The second-order valence-corrected chi connectivity index (χ2v) is 4.35. The van der Waals surface area contributed by atoms with E-state index < -0.39 is 0 Å². The van der Waals surface area contributed by atoms with Gasteiger partial charge in [0.25, 0.3) is 0 Å². The summed E-state index contributed by atoms with van der Waals surface area (Å²) in [7, 11) is 0. The predicted molar refractivity (Wildman–Crippen MR) is 44.7 cm³/mol. The van der Waals surface area contributed by atoms with Gasteiger partial charge >= 0.3 is 0 Å². The van der Waals surface area contributed by atoms with Gasteiger partial charge < -0.3 is 5.73 Å². The molecule has 0 radical (unpaired) electrons. The summed E-state index contributed by atoms with van der Waals surface area (Å²) in [5, 5.41) is 0. The molecule has 2 atom stereocenters. The molecular weight excluding hydrogens is 122 g/mol. The summed E-state index contributed by atoms with van der Waals surface area (Å²) in [6.07, 6.45) is 2.61. The van der Waals surface area contributed by atoms with E-state index in [1.807, 2.05) is 0 Å². The first-order valence-corrected chi connectivity index (χ1v) is 4.28. The number of hydrogen-bond donors (Lipinski definition) is 1. The highest BCUT2D eigenvalue weighted by atomic mass is 14.6. The fraction of sp³-hybridized carbons (Fsp3) is 1.00. The monoisotopic (exact) mass is 141 g/mol. The molecular formula is C9H19N. The van der Waals surface area contributed by atoms with Gasteiger partial charge in [0, 0.05) is 0 Å². The molecule has 0 bridgehead atoms. The quantitative estimate of drug-likeness (QED) is 0.639. The molecule has 1 aliphatic carbocycles. The second-order valence-electron chi connectivity index (χ2n) is 4.35. The molecule has 1 fully saturated rings. The third kappa shape index (κ3) is 1.51. The van der Waals surface area contributed by atoms with Gasteiger partial charge in [-0.1, -0.05) is 20.8 Å². The Morgan fingerprint density at radius 1 is 1.60 bits per heavy atom. The zero-order chi connectivity index (χ0) is 7.78. The van der Waals surface area contributed by atoms with Crippen LogP contribution in [0.25, 0.3) is 0 Å². The maximum absolute atomic E-state index is 5.48. The van der Waals surface area contributed by atoms with Crippen LogP contribution in [-0.4, -0.2) is 6.54 Å². The lowest BCUT2D eigenvalue weighted by Gasteiger charge is -2.10. The first kappa shape index (κ1) is 8.06.